The van der Waals surface area contributed by atoms with Crippen molar-refractivity contribution in [1.82, 2.24) is 20.2 Å². The number of carbonyl (C=O) groups is 1. The maximum atomic E-state index is 12.4. The van der Waals surface area contributed by atoms with Crippen LogP contribution in [0.4, 0.5) is 0 Å². The van der Waals surface area contributed by atoms with Gasteiger partial charge in [-0.25, -0.2) is 5.43 Å². The Labute approximate surface area is 228 Å². The average molecular weight is 577 g/mol. The van der Waals surface area contributed by atoms with Gasteiger partial charge < -0.3 is 4.74 Å². The number of thioether (sulfide) groups is 1. The summed E-state index contributed by atoms with van der Waals surface area (Å²) in [6, 6.07) is 25.4. The predicted octanol–water partition coefficient (Wildman–Crippen LogP) is 6.11. The fraction of sp³-hybridized carbons (Fsp3) is 0.143. The zero-order valence-electron chi connectivity index (χ0n) is 20.3. The second-order valence-electron chi connectivity index (χ2n) is 8.28. The van der Waals surface area contributed by atoms with Gasteiger partial charge in [0.15, 0.2) is 11.0 Å². The molecule has 4 rings (SSSR count). The van der Waals surface area contributed by atoms with Crippen molar-refractivity contribution >= 4 is 39.8 Å². The van der Waals surface area contributed by atoms with Crippen LogP contribution in [-0.2, 0) is 17.9 Å². The minimum Gasteiger partial charge on any atom is -0.489 e. The Balaban J connectivity index is 1.29. The number of rotatable bonds is 11. The van der Waals surface area contributed by atoms with E-state index < -0.39 is 0 Å². The third-order valence-corrected chi connectivity index (χ3v) is 6.61. The summed E-state index contributed by atoms with van der Waals surface area (Å²) in [5.74, 6) is 1.41. The molecule has 1 N–H and O–H groups in total. The molecule has 7 nitrogen and oxygen atoms in total. The summed E-state index contributed by atoms with van der Waals surface area (Å²) in [5, 5.41) is 13.4. The van der Waals surface area contributed by atoms with Crippen LogP contribution >= 0.6 is 27.7 Å². The number of amides is 1. The third-order valence-electron chi connectivity index (χ3n) is 5.11. The summed E-state index contributed by atoms with van der Waals surface area (Å²) in [6.07, 6.45) is 1.60. The lowest BCUT2D eigenvalue weighted by Crippen LogP contribution is -2.20. The number of nitrogens with one attached hydrogen (secondary N) is 1. The second-order valence-corrected chi connectivity index (χ2v) is 10.1. The number of ether oxygens (including phenoxy) is 1. The molecule has 0 aliphatic heterocycles. The highest BCUT2D eigenvalue weighted by Gasteiger charge is 2.15. The van der Waals surface area contributed by atoms with Crippen LogP contribution in [0.3, 0.4) is 0 Å². The second kappa shape index (κ2) is 13.0. The number of benzene rings is 3. The zero-order chi connectivity index (χ0) is 26.0. The molecule has 3 aromatic carbocycles. The molecule has 0 atom stereocenters. The van der Waals surface area contributed by atoms with Crippen molar-refractivity contribution < 1.29 is 9.53 Å². The fourth-order valence-corrected chi connectivity index (χ4v) is 4.35. The van der Waals surface area contributed by atoms with Crippen LogP contribution in [0.15, 0.2) is 106 Å². The molecule has 1 aromatic heterocycles. The van der Waals surface area contributed by atoms with Crippen molar-refractivity contribution in [2.75, 3.05) is 5.75 Å². The minimum absolute atomic E-state index is 0.151. The van der Waals surface area contributed by atoms with Crippen LogP contribution in [0.5, 0.6) is 5.75 Å². The Morgan fingerprint density at radius 2 is 1.81 bits per heavy atom. The van der Waals surface area contributed by atoms with E-state index in [1.54, 1.807) is 6.21 Å². The fourth-order valence-electron chi connectivity index (χ4n) is 3.35. The van der Waals surface area contributed by atoms with Crippen LogP contribution in [0.2, 0.25) is 0 Å². The monoisotopic (exact) mass is 575 g/mol. The van der Waals surface area contributed by atoms with E-state index in [1.165, 1.54) is 11.8 Å². The number of aromatic nitrogens is 3. The van der Waals surface area contributed by atoms with Crippen LogP contribution in [0, 0.1) is 0 Å². The lowest BCUT2D eigenvalue weighted by atomic mass is 10.2. The van der Waals surface area contributed by atoms with Gasteiger partial charge in [-0.05, 0) is 54.4 Å². The molecule has 1 amide bonds. The topological polar surface area (TPSA) is 81.4 Å². The average Bonchev–Trinajstić information content (AvgIpc) is 3.29. The first-order valence-electron chi connectivity index (χ1n) is 11.5. The van der Waals surface area contributed by atoms with Crippen LogP contribution in [0.1, 0.15) is 18.1 Å². The number of hydrogen-bond acceptors (Lipinski definition) is 6. The molecule has 4 aromatic rings. The van der Waals surface area contributed by atoms with Crippen molar-refractivity contribution in [2.45, 2.75) is 25.2 Å². The Morgan fingerprint density at radius 1 is 1.08 bits per heavy atom. The van der Waals surface area contributed by atoms with E-state index in [1.807, 2.05) is 90.4 Å². The largest absolute Gasteiger partial charge is 0.489 e. The third kappa shape index (κ3) is 7.90. The van der Waals surface area contributed by atoms with Crippen LogP contribution in [0.25, 0.3) is 11.4 Å². The van der Waals surface area contributed by atoms with E-state index >= 15 is 0 Å². The van der Waals surface area contributed by atoms with Gasteiger partial charge in [0.25, 0.3) is 5.91 Å². The van der Waals surface area contributed by atoms with Crippen molar-refractivity contribution in [1.29, 1.82) is 0 Å². The lowest BCUT2D eigenvalue weighted by Gasteiger charge is -2.10. The molecule has 9 heteroatoms. The quantitative estimate of drug-likeness (QED) is 0.101. The number of halogens is 1. The van der Waals surface area contributed by atoms with E-state index in [2.05, 4.69) is 43.2 Å². The highest BCUT2D eigenvalue weighted by atomic mass is 79.9. The number of nitrogens with zero attached hydrogens (tertiary/aromatic N) is 4. The molecule has 0 saturated carbocycles. The van der Waals surface area contributed by atoms with Gasteiger partial charge in [-0.3, -0.25) is 9.36 Å². The van der Waals surface area contributed by atoms with Gasteiger partial charge in [-0.1, -0.05) is 82.3 Å². The van der Waals surface area contributed by atoms with Crippen LogP contribution < -0.4 is 10.2 Å². The number of carbonyl (C=O) groups excluding carboxylic acids is 1. The molecule has 0 bridgehead atoms. The maximum absolute atomic E-state index is 12.4. The number of hydrogen-bond donors (Lipinski definition) is 1. The molecule has 0 aliphatic rings. The summed E-state index contributed by atoms with van der Waals surface area (Å²) in [7, 11) is 0. The van der Waals surface area contributed by atoms with E-state index in [4.69, 9.17) is 4.74 Å². The normalized spacial score (nSPS) is 11.0. The van der Waals surface area contributed by atoms with Gasteiger partial charge in [-0.2, -0.15) is 5.10 Å². The smallest absolute Gasteiger partial charge is 0.250 e. The van der Waals surface area contributed by atoms with Gasteiger partial charge in [0.05, 0.1) is 12.0 Å². The molecular formula is C28H26BrN5O2S. The molecule has 188 valence electrons. The van der Waals surface area contributed by atoms with E-state index in [0.29, 0.717) is 18.3 Å². The van der Waals surface area contributed by atoms with Crippen molar-refractivity contribution in [2.24, 2.45) is 5.10 Å². The van der Waals surface area contributed by atoms with Crippen LogP contribution in [-0.4, -0.2) is 32.6 Å². The van der Waals surface area contributed by atoms with Gasteiger partial charge in [0.1, 0.15) is 12.4 Å². The summed E-state index contributed by atoms with van der Waals surface area (Å²) < 4.78 is 8.75. The lowest BCUT2D eigenvalue weighted by molar-refractivity contribution is -0.118. The minimum atomic E-state index is -0.237. The zero-order valence-corrected chi connectivity index (χ0v) is 22.7. The molecule has 0 unspecified atom stereocenters. The van der Waals surface area contributed by atoms with Gasteiger partial charge in [0, 0.05) is 16.6 Å². The van der Waals surface area contributed by atoms with Gasteiger partial charge in [-0.15, -0.1) is 10.2 Å². The van der Waals surface area contributed by atoms with E-state index in [-0.39, 0.29) is 11.7 Å². The summed E-state index contributed by atoms with van der Waals surface area (Å²) >= 11 is 4.76. The molecule has 1 heterocycles. The molecule has 0 aliphatic carbocycles. The van der Waals surface area contributed by atoms with Crippen molar-refractivity contribution in [3.05, 3.63) is 107 Å². The van der Waals surface area contributed by atoms with Crippen molar-refractivity contribution in [3.63, 3.8) is 0 Å². The summed E-state index contributed by atoms with van der Waals surface area (Å²) in [4.78, 5) is 12.4. The van der Waals surface area contributed by atoms with E-state index in [0.717, 1.165) is 38.3 Å². The SMILES string of the molecule is C=C(C)Cn1c(SCC(=O)N/N=C/c2ccc(OCc3ccccc3)cc2)nnc1-c1ccc(Br)cc1. The molecule has 0 radical (unpaired) electrons. The molecule has 37 heavy (non-hydrogen) atoms. The highest BCUT2D eigenvalue weighted by molar-refractivity contribution is 9.10. The maximum Gasteiger partial charge on any atom is 0.250 e. The molecule has 0 saturated heterocycles. The number of allylic oxidation sites excluding steroid dienone is 1. The Kier molecular flexibility index (Phi) is 9.29. The summed E-state index contributed by atoms with van der Waals surface area (Å²) in [6.45, 7) is 7.03. The highest BCUT2D eigenvalue weighted by Crippen LogP contribution is 2.26. The first-order chi connectivity index (χ1) is 18.0. The standard InChI is InChI=1S/C28H26BrN5O2S/c1-20(2)17-34-27(23-10-12-24(29)13-11-23)32-33-28(34)37-19-26(35)31-30-16-21-8-14-25(15-9-21)36-18-22-6-4-3-5-7-22/h3-16H,1,17-19H2,2H3,(H,31,35)/b30-16+. The predicted molar refractivity (Wildman–Crippen MR) is 152 cm³/mol. The Morgan fingerprint density at radius 3 is 2.51 bits per heavy atom. The first kappa shape index (κ1) is 26.4. The first-order valence-corrected chi connectivity index (χ1v) is 13.3. The molecular weight excluding hydrogens is 550 g/mol. The Bertz CT molecular complexity index is 1370. The number of hydrazone groups is 1. The Hall–Kier alpha value is -3.69. The molecule has 0 fully saturated rings. The summed E-state index contributed by atoms with van der Waals surface area (Å²) in [5.41, 5.74) is 6.42. The van der Waals surface area contributed by atoms with E-state index in [9.17, 15) is 4.79 Å². The molecule has 0 spiro atoms. The van der Waals surface area contributed by atoms with Gasteiger partial charge in [0.2, 0.25) is 0 Å². The van der Waals surface area contributed by atoms with Crippen molar-refractivity contribution in [3.8, 4) is 17.1 Å². The van der Waals surface area contributed by atoms with Gasteiger partial charge >= 0.3 is 0 Å².